The Morgan fingerprint density at radius 2 is 1.93 bits per heavy atom. The number of anilines is 1. The zero-order chi connectivity index (χ0) is 21.7. The van der Waals surface area contributed by atoms with Gasteiger partial charge in [0.2, 0.25) is 0 Å². The molecular weight excluding hydrogens is 388 g/mol. The van der Waals surface area contributed by atoms with E-state index in [4.69, 9.17) is 5.11 Å². The van der Waals surface area contributed by atoms with E-state index < -0.39 is 17.9 Å². The molecule has 3 rings (SSSR count). The van der Waals surface area contributed by atoms with E-state index in [9.17, 15) is 14.4 Å². The molecule has 10 heteroatoms. The average Bonchev–Trinajstić information content (AvgIpc) is 2.72. The average molecular weight is 410 g/mol. The third kappa shape index (κ3) is 4.96. The number of carbonyl (C=O) groups excluding carboxylic acids is 1. The lowest BCUT2D eigenvalue weighted by Crippen LogP contribution is -2.40. The number of aromatic amines is 1. The zero-order valence-corrected chi connectivity index (χ0v) is 16.6. The molecule has 156 valence electrons. The largest absolute Gasteiger partial charge is 0.480 e. The Kier molecular flexibility index (Phi) is 6.35. The molecule has 1 amide bonds. The van der Waals surface area contributed by atoms with Crippen LogP contribution in [0.15, 0.2) is 35.3 Å². The van der Waals surface area contributed by atoms with E-state index in [2.05, 4.69) is 30.6 Å². The van der Waals surface area contributed by atoms with Crippen LogP contribution in [-0.4, -0.2) is 43.0 Å². The highest BCUT2D eigenvalue weighted by Crippen LogP contribution is 2.12. The van der Waals surface area contributed by atoms with Gasteiger partial charge in [0.15, 0.2) is 11.2 Å². The summed E-state index contributed by atoms with van der Waals surface area (Å²) in [6.07, 6.45) is 2.56. The summed E-state index contributed by atoms with van der Waals surface area (Å²) < 4.78 is 0. The molecule has 1 unspecified atom stereocenters. The predicted molar refractivity (Wildman–Crippen MR) is 110 cm³/mol. The van der Waals surface area contributed by atoms with Crippen LogP contribution < -0.4 is 16.2 Å². The molecule has 0 radical (unpaired) electrons. The third-order valence-corrected chi connectivity index (χ3v) is 4.39. The standard InChI is InChI=1S/C20H22N6O4/c1-3-4-15(20(29)30)26-18(27)12-5-7-13(8-6-12)21-9-14-10-22-17-16(25-14)19(28)24-11(2)23-17/h5-8,10,15,21H,3-4,9H2,1-2H3,(H,26,27)(H,29,30)(H,22,23,24,28). The number of hydrogen-bond donors (Lipinski definition) is 4. The molecule has 3 aromatic rings. The molecule has 4 N–H and O–H groups in total. The van der Waals surface area contributed by atoms with Crippen molar-refractivity contribution in [2.45, 2.75) is 39.3 Å². The van der Waals surface area contributed by atoms with Crippen LogP contribution >= 0.6 is 0 Å². The second-order valence-corrected chi connectivity index (χ2v) is 6.77. The van der Waals surface area contributed by atoms with Crippen LogP contribution in [0.25, 0.3) is 11.2 Å². The van der Waals surface area contributed by atoms with Gasteiger partial charge in [-0.2, -0.15) is 0 Å². The zero-order valence-electron chi connectivity index (χ0n) is 16.6. The lowest BCUT2D eigenvalue weighted by atomic mass is 10.1. The van der Waals surface area contributed by atoms with Crippen LogP contribution in [0.5, 0.6) is 0 Å². The number of carboxylic acid groups (broad SMARTS) is 1. The van der Waals surface area contributed by atoms with Gasteiger partial charge in [-0.15, -0.1) is 0 Å². The first-order valence-corrected chi connectivity index (χ1v) is 9.47. The fourth-order valence-electron chi connectivity index (χ4n) is 2.87. The van der Waals surface area contributed by atoms with Crippen LogP contribution in [-0.2, 0) is 11.3 Å². The van der Waals surface area contributed by atoms with Gasteiger partial charge in [-0.1, -0.05) is 13.3 Å². The third-order valence-electron chi connectivity index (χ3n) is 4.39. The Bertz CT molecular complexity index is 1130. The second-order valence-electron chi connectivity index (χ2n) is 6.77. The number of benzene rings is 1. The van der Waals surface area contributed by atoms with Gasteiger partial charge in [-0.05, 0) is 37.6 Å². The number of aliphatic carboxylic acids is 1. The van der Waals surface area contributed by atoms with Crippen LogP contribution in [0.1, 0.15) is 41.6 Å². The fraction of sp³-hybridized carbons (Fsp3) is 0.300. The molecular formula is C20H22N6O4. The highest BCUT2D eigenvalue weighted by atomic mass is 16.4. The van der Waals surface area contributed by atoms with Gasteiger partial charge in [-0.25, -0.2) is 19.7 Å². The Morgan fingerprint density at radius 3 is 2.60 bits per heavy atom. The van der Waals surface area contributed by atoms with Crippen molar-refractivity contribution in [3.05, 3.63) is 57.9 Å². The monoisotopic (exact) mass is 410 g/mol. The van der Waals surface area contributed by atoms with Crippen molar-refractivity contribution in [3.63, 3.8) is 0 Å². The van der Waals surface area contributed by atoms with Gasteiger partial charge in [0.25, 0.3) is 11.5 Å². The molecule has 30 heavy (non-hydrogen) atoms. The number of aryl methyl sites for hydroxylation is 1. The first-order valence-electron chi connectivity index (χ1n) is 9.47. The quantitative estimate of drug-likeness (QED) is 0.437. The number of carbonyl (C=O) groups is 2. The smallest absolute Gasteiger partial charge is 0.326 e. The number of amides is 1. The van der Waals surface area contributed by atoms with Crippen molar-refractivity contribution in [2.75, 3.05) is 5.32 Å². The van der Waals surface area contributed by atoms with Crippen LogP contribution in [0.4, 0.5) is 5.69 Å². The molecule has 0 bridgehead atoms. The van der Waals surface area contributed by atoms with E-state index >= 15 is 0 Å². The summed E-state index contributed by atoms with van der Waals surface area (Å²) in [5, 5.41) is 14.8. The first-order chi connectivity index (χ1) is 14.4. The van der Waals surface area contributed by atoms with E-state index in [1.807, 2.05) is 6.92 Å². The summed E-state index contributed by atoms with van der Waals surface area (Å²) in [6.45, 7) is 3.85. The maximum atomic E-state index is 12.3. The molecule has 2 heterocycles. The SMILES string of the molecule is CCCC(NC(=O)c1ccc(NCc2cnc3nc(C)[nH]c(=O)c3n2)cc1)C(=O)O. The molecule has 0 aliphatic rings. The Morgan fingerprint density at radius 1 is 1.20 bits per heavy atom. The van der Waals surface area contributed by atoms with Crippen LogP contribution in [0, 0.1) is 6.92 Å². The molecule has 10 nitrogen and oxygen atoms in total. The molecule has 0 aliphatic heterocycles. The van der Waals surface area contributed by atoms with Crippen molar-refractivity contribution >= 4 is 28.7 Å². The first kappa shape index (κ1) is 20.9. The van der Waals surface area contributed by atoms with E-state index in [0.717, 1.165) is 5.69 Å². The summed E-state index contributed by atoms with van der Waals surface area (Å²) in [4.78, 5) is 50.6. The van der Waals surface area contributed by atoms with Crippen LogP contribution in [0.3, 0.4) is 0 Å². The van der Waals surface area contributed by atoms with Gasteiger partial charge >= 0.3 is 5.97 Å². The van der Waals surface area contributed by atoms with Crippen molar-refractivity contribution in [2.24, 2.45) is 0 Å². The summed E-state index contributed by atoms with van der Waals surface area (Å²) in [7, 11) is 0. The number of H-pyrrole nitrogens is 1. The van der Waals surface area contributed by atoms with Crippen molar-refractivity contribution in [1.29, 1.82) is 0 Å². The molecule has 0 saturated heterocycles. The fourth-order valence-corrected chi connectivity index (χ4v) is 2.87. The summed E-state index contributed by atoms with van der Waals surface area (Å²) >= 11 is 0. The van der Waals surface area contributed by atoms with E-state index in [0.29, 0.717) is 36.5 Å². The topological polar surface area (TPSA) is 150 Å². The van der Waals surface area contributed by atoms with Gasteiger partial charge in [0, 0.05) is 11.3 Å². The molecule has 0 aliphatic carbocycles. The number of carboxylic acids is 1. The normalized spacial score (nSPS) is 11.8. The van der Waals surface area contributed by atoms with E-state index in [-0.39, 0.29) is 16.7 Å². The minimum Gasteiger partial charge on any atom is -0.480 e. The second kappa shape index (κ2) is 9.12. The Labute approximate surface area is 171 Å². The Hall–Kier alpha value is -3.82. The minimum absolute atomic E-state index is 0.173. The highest BCUT2D eigenvalue weighted by Gasteiger charge is 2.19. The number of rotatable bonds is 8. The van der Waals surface area contributed by atoms with Crippen molar-refractivity contribution in [1.82, 2.24) is 25.3 Å². The number of hydrogen-bond acceptors (Lipinski definition) is 7. The molecule has 1 atom stereocenters. The molecule has 1 aromatic carbocycles. The molecule has 0 fully saturated rings. The summed E-state index contributed by atoms with van der Waals surface area (Å²) in [6, 6.07) is 5.71. The number of nitrogens with zero attached hydrogens (tertiary/aromatic N) is 3. The molecule has 0 saturated carbocycles. The van der Waals surface area contributed by atoms with Gasteiger partial charge in [0.1, 0.15) is 11.9 Å². The lowest BCUT2D eigenvalue weighted by molar-refractivity contribution is -0.139. The summed E-state index contributed by atoms with van der Waals surface area (Å²) in [5.74, 6) is -1.02. The van der Waals surface area contributed by atoms with Crippen molar-refractivity contribution in [3.8, 4) is 0 Å². The Balaban J connectivity index is 1.64. The maximum Gasteiger partial charge on any atom is 0.326 e. The van der Waals surface area contributed by atoms with Crippen LogP contribution in [0.2, 0.25) is 0 Å². The molecule has 0 spiro atoms. The molecule has 2 aromatic heterocycles. The van der Waals surface area contributed by atoms with Gasteiger partial charge in [-0.3, -0.25) is 9.59 Å². The minimum atomic E-state index is -1.05. The number of nitrogens with one attached hydrogen (secondary N) is 3. The van der Waals surface area contributed by atoms with E-state index in [1.54, 1.807) is 37.4 Å². The predicted octanol–water partition coefficient (Wildman–Crippen LogP) is 1.62. The summed E-state index contributed by atoms with van der Waals surface area (Å²) in [5.41, 5.74) is 1.77. The number of aromatic nitrogens is 4. The van der Waals surface area contributed by atoms with E-state index in [1.165, 1.54) is 0 Å². The maximum absolute atomic E-state index is 12.3. The van der Waals surface area contributed by atoms with Crippen molar-refractivity contribution < 1.29 is 14.7 Å². The highest BCUT2D eigenvalue weighted by molar-refractivity contribution is 5.96. The number of fused-ring (bicyclic) bond motifs is 1. The van der Waals surface area contributed by atoms with Gasteiger partial charge in [0.05, 0.1) is 18.4 Å². The van der Waals surface area contributed by atoms with Gasteiger partial charge < -0.3 is 20.7 Å². The lowest BCUT2D eigenvalue weighted by Gasteiger charge is -2.14.